The molecule has 0 saturated heterocycles. The second-order valence-corrected chi connectivity index (χ2v) is 4.82. The number of nitrogens with zero attached hydrogens (tertiary/aromatic N) is 3. The molecule has 2 aromatic heterocycles. The van der Waals surface area contributed by atoms with E-state index in [0.29, 0.717) is 5.76 Å². The van der Waals surface area contributed by atoms with E-state index in [1.54, 1.807) is 7.05 Å². The van der Waals surface area contributed by atoms with Gasteiger partial charge >= 0.3 is 0 Å². The lowest BCUT2D eigenvalue weighted by Crippen LogP contribution is -2.30. The normalized spacial score (nSPS) is 12.5. The molecule has 21 heavy (non-hydrogen) atoms. The Balaban J connectivity index is 1.86. The third-order valence-corrected chi connectivity index (χ3v) is 3.46. The molecule has 0 aliphatic rings. The summed E-state index contributed by atoms with van der Waals surface area (Å²) in [5.74, 6) is 0.563. The Morgan fingerprint density at radius 3 is 2.86 bits per heavy atom. The number of benzene rings is 1. The first kappa shape index (κ1) is 13.2. The Morgan fingerprint density at radius 1 is 1.43 bits per heavy atom. The number of hydrogen-bond acceptors (Lipinski definition) is 5. The van der Waals surface area contributed by atoms with E-state index < -0.39 is 0 Å². The van der Waals surface area contributed by atoms with Crippen molar-refractivity contribution in [1.82, 2.24) is 20.1 Å². The van der Waals surface area contributed by atoms with Gasteiger partial charge in [-0.15, -0.1) is 5.10 Å². The number of fused-ring (bicyclic) bond motifs is 1. The van der Waals surface area contributed by atoms with Crippen LogP contribution in [0.4, 0.5) is 5.95 Å². The highest BCUT2D eigenvalue weighted by atomic mass is 16.3. The number of furan rings is 1. The maximum absolute atomic E-state index is 12.3. The smallest absolute Gasteiger partial charge is 0.291 e. The van der Waals surface area contributed by atoms with Gasteiger partial charge in [-0.1, -0.05) is 18.2 Å². The molecule has 1 unspecified atom stereocenters. The zero-order chi connectivity index (χ0) is 15.0. The number of carbonyl (C=O) groups is 1. The van der Waals surface area contributed by atoms with Gasteiger partial charge in [-0.3, -0.25) is 9.89 Å². The number of hydrogen-bond donors (Lipinski definition) is 2. The average Bonchev–Trinajstić information content (AvgIpc) is 3.10. The molecular formula is C14H15N5O2. The summed E-state index contributed by atoms with van der Waals surface area (Å²) in [4.78, 5) is 17.6. The summed E-state index contributed by atoms with van der Waals surface area (Å²) in [7, 11) is 1.68. The van der Waals surface area contributed by atoms with Crippen LogP contribution in [0, 0.1) is 0 Å². The molecule has 0 spiro atoms. The van der Waals surface area contributed by atoms with Crippen LogP contribution in [0.15, 0.2) is 34.7 Å². The molecule has 1 atom stereocenters. The molecule has 3 N–H and O–H groups in total. The Labute approximate surface area is 120 Å². The summed E-state index contributed by atoms with van der Waals surface area (Å²) in [5, 5.41) is 7.17. The lowest BCUT2D eigenvalue weighted by atomic mass is 10.2. The fourth-order valence-electron chi connectivity index (χ4n) is 2.11. The van der Waals surface area contributed by atoms with Crippen LogP contribution in [0.5, 0.6) is 0 Å². The number of rotatable bonds is 3. The topological polar surface area (TPSA) is 101 Å². The van der Waals surface area contributed by atoms with Crippen LogP contribution in [0.3, 0.4) is 0 Å². The maximum Gasteiger partial charge on any atom is 0.291 e. The summed E-state index contributed by atoms with van der Waals surface area (Å²) in [5.41, 5.74) is 6.21. The third kappa shape index (κ3) is 2.33. The van der Waals surface area contributed by atoms with Crippen molar-refractivity contribution in [1.29, 1.82) is 0 Å². The molecule has 108 valence electrons. The van der Waals surface area contributed by atoms with E-state index in [2.05, 4.69) is 15.2 Å². The maximum atomic E-state index is 12.3. The molecule has 3 rings (SSSR count). The van der Waals surface area contributed by atoms with E-state index in [-0.39, 0.29) is 23.7 Å². The molecule has 2 heterocycles. The highest BCUT2D eigenvalue weighted by molar-refractivity contribution is 5.90. The van der Waals surface area contributed by atoms with Gasteiger partial charge in [0.15, 0.2) is 0 Å². The van der Waals surface area contributed by atoms with Crippen LogP contribution >= 0.6 is 0 Å². The van der Waals surface area contributed by atoms with Gasteiger partial charge in [0, 0.05) is 12.4 Å². The van der Waals surface area contributed by atoms with Gasteiger partial charge in [0.25, 0.3) is 5.91 Å². The number of amides is 1. The van der Waals surface area contributed by atoms with Gasteiger partial charge in [-0.05, 0) is 19.1 Å². The molecular weight excluding hydrogens is 270 g/mol. The molecule has 0 bridgehead atoms. The lowest BCUT2D eigenvalue weighted by molar-refractivity contribution is 0.0715. The first-order valence-electron chi connectivity index (χ1n) is 6.50. The van der Waals surface area contributed by atoms with Gasteiger partial charge in [0.2, 0.25) is 11.8 Å². The molecule has 0 saturated carbocycles. The minimum absolute atomic E-state index is 0.0446. The molecule has 0 fully saturated rings. The summed E-state index contributed by atoms with van der Waals surface area (Å²) in [6, 6.07) is 9.40. The van der Waals surface area contributed by atoms with Crippen molar-refractivity contribution in [3.8, 4) is 0 Å². The van der Waals surface area contributed by atoms with Crippen molar-refractivity contribution >= 4 is 22.8 Å². The standard InChI is InChI=1S/C14H15N5O2/c1-8(11-7-9-5-3-4-6-10(9)21-11)19(2)13(20)12-16-14(15)18-17-12/h3-8H,1-2H3,(H3,15,16,17,18). The highest BCUT2D eigenvalue weighted by Crippen LogP contribution is 2.27. The van der Waals surface area contributed by atoms with Gasteiger partial charge in [0.1, 0.15) is 11.3 Å². The fourth-order valence-corrected chi connectivity index (χ4v) is 2.11. The second kappa shape index (κ2) is 4.93. The highest BCUT2D eigenvalue weighted by Gasteiger charge is 2.24. The number of H-pyrrole nitrogens is 1. The van der Waals surface area contributed by atoms with Crippen LogP contribution in [0.1, 0.15) is 29.3 Å². The van der Waals surface area contributed by atoms with Crippen LogP contribution in [-0.2, 0) is 0 Å². The van der Waals surface area contributed by atoms with Gasteiger partial charge in [-0.2, -0.15) is 4.98 Å². The van der Waals surface area contributed by atoms with E-state index in [1.807, 2.05) is 37.3 Å². The number of anilines is 1. The first-order valence-corrected chi connectivity index (χ1v) is 6.50. The molecule has 3 aromatic rings. The monoisotopic (exact) mass is 285 g/mol. The number of carbonyl (C=O) groups excluding carboxylic acids is 1. The Kier molecular flexibility index (Phi) is 3.09. The summed E-state index contributed by atoms with van der Waals surface area (Å²) >= 11 is 0. The molecule has 0 radical (unpaired) electrons. The van der Waals surface area contributed by atoms with Crippen molar-refractivity contribution in [2.75, 3.05) is 12.8 Å². The summed E-state index contributed by atoms with van der Waals surface area (Å²) < 4.78 is 5.78. The number of para-hydroxylation sites is 1. The zero-order valence-corrected chi connectivity index (χ0v) is 11.7. The van der Waals surface area contributed by atoms with Crippen LogP contribution < -0.4 is 5.73 Å². The minimum Gasteiger partial charge on any atom is -0.459 e. The lowest BCUT2D eigenvalue weighted by Gasteiger charge is -2.21. The largest absolute Gasteiger partial charge is 0.459 e. The van der Waals surface area contributed by atoms with Crippen molar-refractivity contribution in [2.45, 2.75) is 13.0 Å². The number of nitrogens with two attached hydrogens (primary N) is 1. The van der Waals surface area contributed by atoms with E-state index >= 15 is 0 Å². The number of nitrogen functional groups attached to an aromatic ring is 1. The average molecular weight is 285 g/mol. The molecule has 1 amide bonds. The quantitative estimate of drug-likeness (QED) is 0.766. The zero-order valence-electron chi connectivity index (χ0n) is 11.7. The van der Waals surface area contributed by atoms with Crippen molar-refractivity contribution in [2.24, 2.45) is 0 Å². The van der Waals surface area contributed by atoms with Crippen LogP contribution in [0.2, 0.25) is 0 Å². The number of nitrogens with one attached hydrogen (secondary N) is 1. The van der Waals surface area contributed by atoms with Crippen molar-refractivity contribution in [3.05, 3.63) is 41.9 Å². The van der Waals surface area contributed by atoms with Crippen LogP contribution in [0.25, 0.3) is 11.0 Å². The molecule has 7 heteroatoms. The Bertz CT molecular complexity index is 758. The molecule has 1 aromatic carbocycles. The van der Waals surface area contributed by atoms with Gasteiger partial charge < -0.3 is 15.1 Å². The van der Waals surface area contributed by atoms with Crippen molar-refractivity contribution in [3.63, 3.8) is 0 Å². The van der Waals surface area contributed by atoms with Crippen LogP contribution in [-0.4, -0.2) is 33.0 Å². The van der Waals surface area contributed by atoms with Crippen molar-refractivity contribution < 1.29 is 9.21 Å². The SMILES string of the molecule is CC(c1cc2ccccc2o1)N(C)C(=O)c1nc(N)n[nH]1. The van der Waals surface area contributed by atoms with E-state index in [1.165, 1.54) is 4.90 Å². The Hall–Kier alpha value is -2.83. The minimum atomic E-state index is -0.299. The molecule has 7 nitrogen and oxygen atoms in total. The van der Waals surface area contributed by atoms with E-state index in [0.717, 1.165) is 11.0 Å². The number of aromatic nitrogens is 3. The summed E-state index contributed by atoms with van der Waals surface area (Å²) in [6.45, 7) is 1.88. The van der Waals surface area contributed by atoms with Gasteiger partial charge in [0.05, 0.1) is 6.04 Å². The van der Waals surface area contributed by atoms with Gasteiger partial charge in [-0.25, -0.2) is 0 Å². The summed E-state index contributed by atoms with van der Waals surface area (Å²) in [6.07, 6.45) is 0. The molecule has 0 aliphatic carbocycles. The fraction of sp³-hybridized carbons (Fsp3) is 0.214. The Morgan fingerprint density at radius 2 is 2.19 bits per heavy atom. The molecule has 0 aliphatic heterocycles. The van der Waals surface area contributed by atoms with E-state index in [9.17, 15) is 4.79 Å². The number of aromatic amines is 1. The van der Waals surface area contributed by atoms with E-state index in [4.69, 9.17) is 10.2 Å². The first-order chi connectivity index (χ1) is 10.1. The predicted molar refractivity (Wildman–Crippen MR) is 77.5 cm³/mol. The third-order valence-electron chi connectivity index (χ3n) is 3.46. The predicted octanol–water partition coefficient (Wildman–Crippen LogP) is 1.97. The second-order valence-electron chi connectivity index (χ2n) is 4.82.